The van der Waals surface area contributed by atoms with Gasteiger partial charge in [0.15, 0.2) is 0 Å². The minimum Gasteiger partial charge on any atom is -0.374 e. The minimum absolute atomic E-state index is 0.332. The molecule has 1 aromatic rings. The van der Waals surface area contributed by atoms with Crippen LogP contribution in [0.3, 0.4) is 0 Å². The number of morpholine rings is 1. The number of rotatable bonds is 7. The van der Waals surface area contributed by atoms with Crippen molar-refractivity contribution in [1.29, 1.82) is 0 Å². The molecule has 1 aliphatic heterocycles. The Morgan fingerprint density at radius 2 is 1.95 bits per heavy atom. The molecule has 0 saturated carbocycles. The van der Waals surface area contributed by atoms with E-state index in [9.17, 15) is 0 Å². The lowest BCUT2D eigenvalue weighted by Gasteiger charge is -2.32. The minimum atomic E-state index is 0.332. The van der Waals surface area contributed by atoms with Crippen LogP contribution in [0.2, 0.25) is 0 Å². The molecule has 0 spiro atoms. The third-order valence-corrected chi connectivity index (χ3v) is 4.04. The number of ether oxygens (including phenoxy) is 1. The van der Waals surface area contributed by atoms with Gasteiger partial charge in [-0.25, -0.2) is 0 Å². The molecule has 1 N–H and O–H groups in total. The average molecular weight is 290 g/mol. The molecule has 1 aliphatic rings. The molecule has 3 heteroatoms. The Morgan fingerprint density at radius 3 is 2.62 bits per heavy atom. The van der Waals surface area contributed by atoms with E-state index >= 15 is 0 Å². The molecule has 2 rings (SSSR count). The molecule has 3 nitrogen and oxygen atoms in total. The van der Waals surface area contributed by atoms with Gasteiger partial charge in [-0.05, 0) is 30.0 Å². The summed E-state index contributed by atoms with van der Waals surface area (Å²) in [7, 11) is 0. The van der Waals surface area contributed by atoms with Gasteiger partial charge in [0.25, 0.3) is 0 Å². The number of hydrogen-bond donors (Lipinski definition) is 1. The molecule has 1 unspecified atom stereocenters. The summed E-state index contributed by atoms with van der Waals surface area (Å²) in [5.74, 6) is 0.721. The Labute approximate surface area is 129 Å². The first-order chi connectivity index (χ1) is 10.2. The molecule has 0 radical (unpaired) electrons. The number of hydrogen-bond acceptors (Lipinski definition) is 3. The van der Waals surface area contributed by atoms with E-state index in [0.717, 1.165) is 51.7 Å². The lowest BCUT2D eigenvalue weighted by Crippen LogP contribution is -2.46. The third-order valence-electron chi connectivity index (χ3n) is 4.04. The molecule has 0 bridgehead atoms. The first-order valence-corrected chi connectivity index (χ1v) is 8.30. The van der Waals surface area contributed by atoms with E-state index in [4.69, 9.17) is 4.74 Å². The van der Waals surface area contributed by atoms with Gasteiger partial charge < -0.3 is 10.1 Å². The van der Waals surface area contributed by atoms with Crippen molar-refractivity contribution in [1.82, 2.24) is 10.2 Å². The summed E-state index contributed by atoms with van der Waals surface area (Å²) in [4.78, 5) is 2.45. The summed E-state index contributed by atoms with van der Waals surface area (Å²) in [6.45, 7) is 12.7. The van der Waals surface area contributed by atoms with E-state index in [0.29, 0.717) is 6.10 Å². The zero-order valence-electron chi connectivity index (χ0n) is 13.8. The molecule has 1 aromatic carbocycles. The van der Waals surface area contributed by atoms with Gasteiger partial charge in [-0.1, -0.05) is 45.0 Å². The monoisotopic (exact) mass is 290 g/mol. The summed E-state index contributed by atoms with van der Waals surface area (Å²) >= 11 is 0. The maximum absolute atomic E-state index is 5.81. The largest absolute Gasteiger partial charge is 0.374 e. The fourth-order valence-corrected chi connectivity index (χ4v) is 2.83. The van der Waals surface area contributed by atoms with Gasteiger partial charge >= 0.3 is 0 Å². The number of likely N-dealkylation sites (N-methyl/N-ethyl adjacent to an activating group) is 1. The van der Waals surface area contributed by atoms with Crippen molar-refractivity contribution in [2.45, 2.75) is 39.8 Å². The van der Waals surface area contributed by atoms with Gasteiger partial charge in [-0.15, -0.1) is 0 Å². The zero-order chi connectivity index (χ0) is 15.1. The summed E-state index contributed by atoms with van der Waals surface area (Å²) in [5.41, 5.74) is 2.79. The van der Waals surface area contributed by atoms with E-state index in [2.05, 4.69) is 55.3 Å². The van der Waals surface area contributed by atoms with Crippen LogP contribution in [0.1, 0.15) is 31.9 Å². The van der Waals surface area contributed by atoms with Crippen LogP contribution in [0, 0.1) is 5.92 Å². The van der Waals surface area contributed by atoms with Crippen molar-refractivity contribution in [2.75, 3.05) is 32.8 Å². The maximum atomic E-state index is 5.81. The van der Waals surface area contributed by atoms with Crippen LogP contribution in [0.15, 0.2) is 24.3 Å². The molecule has 1 atom stereocenters. The van der Waals surface area contributed by atoms with Gasteiger partial charge in [0.05, 0.1) is 12.7 Å². The molecule has 1 saturated heterocycles. The fraction of sp³-hybridized carbons (Fsp3) is 0.667. The Hall–Kier alpha value is -0.900. The van der Waals surface area contributed by atoms with Crippen LogP contribution in [0.25, 0.3) is 0 Å². The second kappa shape index (κ2) is 8.52. The van der Waals surface area contributed by atoms with E-state index in [1.165, 1.54) is 11.1 Å². The standard InChI is InChI=1S/C18H30N2O/c1-4-20-9-10-21-18(14-20)13-19-12-17-7-5-16(6-8-17)11-15(2)3/h5-8,15,18-19H,4,9-14H2,1-3H3. The van der Waals surface area contributed by atoms with Crippen molar-refractivity contribution >= 4 is 0 Å². The van der Waals surface area contributed by atoms with Crippen molar-refractivity contribution in [3.05, 3.63) is 35.4 Å². The summed E-state index contributed by atoms with van der Waals surface area (Å²) in [6.07, 6.45) is 1.50. The highest BCUT2D eigenvalue weighted by atomic mass is 16.5. The average Bonchev–Trinajstić information content (AvgIpc) is 2.49. The van der Waals surface area contributed by atoms with Gasteiger partial charge in [0.2, 0.25) is 0 Å². The molecule has 0 aliphatic carbocycles. The second-order valence-electron chi connectivity index (χ2n) is 6.43. The van der Waals surface area contributed by atoms with Crippen LogP contribution in [-0.4, -0.2) is 43.8 Å². The zero-order valence-corrected chi connectivity index (χ0v) is 13.8. The van der Waals surface area contributed by atoms with Crippen LogP contribution < -0.4 is 5.32 Å². The second-order valence-corrected chi connectivity index (χ2v) is 6.43. The van der Waals surface area contributed by atoms with Crippen LogP contribution in [-0.2, 0) is 17.7 Å². The first-order valence-electron chi connectivity index (χ1n) is 8.30. The van der Waals surface area contributed by atoms with Gasteiger partial charge in [0, 0.05) is 26.2 Å². The molecule has 21 heavy (non-hydrogen) atoms. The normalized spacial score (nSPS) is 20.1. The van der Waals surface area contributed by atoms with Gasteiger partial charge in [-0.3, -0.25) is 4.90 Å². The van der Waals surface area contributed by atoms with E-state index in [1.54, 1.807) is 0 Å². The van der Waals surface area contributed by atoms with Gasteiger partial charge in [-0.2, -0.15) is 0 Å². The van der Waals surface area contributed by atoms with Crippen molar-refractivity contribution in [3.63, 3.8) is 0 Å². The number of nitrogens with one attached hydrogen (secondary N) is 1. The van der Waals surface area contributed by atoms with E-state index < -0.39 is 0 Å². The lowest BCUT2D eigenvalue weighted by atomic mass is 10.0. The predicted octanol–water partition coefficient (Wildman–Crippen LogP) is 2.70. The Kier molecular flexibility index (Phi) is 6.68. The van der Waals surface area contributed by atoms with Crippen molar-refractivity contribution in [2.24, 2.45) is 5.92 Å². The van der Waals surface area contributed by atoms with Gasteiger partial charge in [0.1, 0.15) is 0 Å². The summed E-state index contributed by atoms with van der Waals surface area (Å²) < 4.78 is 5.81. The molecule has 1 heterocycles. The highest BCUT2D eigenvalue weighted by Gasteiger charge is 2.18. The molecular weight excluding hydrogens is 260 g/mol. The lowest BCUT2D eigenvalue weighted by molar-refractivity contribution is -0.0253. The van der Waals surface area contributed by atoms with Crippen molar-refractivity contribution < 1.29 is 4.74 Å². The smallest absolute Gasteiger partial charge is 0.0826 e. The quantitative estimate of drug-likeness (QED) is 0.835. The SMILES string of the molecule is CCN1CCOC(CNCc2ccc(CC(C)C)cc2)C1. The molecule has 0 amide bonds. The molecule has 118 valence electrons. The Bertz CT molecular complexity index is 402. The summed E-state index contributed by atoms with van der Waals surface area (Å²) in [6, 6.07) is 9.00. The highest BCUT2D eigenvalue weighted by molar-refractivity contribution is 5.22. The number of nitrogens with zero attached hydrogens (tertiary/aromatic N) is 1. The van der Waals surface area contributed by atoms with Crippen LogP contribution >= 0.6 is 0 Å². The van der Waals surface area contributed by atoms with E-state index in [1.807, 2.05) is 0 Å². The number of benzene rings is 1. The topological polar surface area (TPSA) is 24.5 Å². The summed E-state index contributed by atoms with van der Waals surface area (Å²) in [5, 5.41) is 3.52. The Morgan fingerprint density at radius 1 is 1.24 bits per heavy atom. The predicted molar refractivity (Wildman–Crippen MR) is 88.5 cm³/mol. The highest BCUT2D eigenvalue weighted by Crippen LogP contribution is 2.10. The van der Waals surface area contributed by atoms with Crippen molar-refractivity contribution in [3.8, 4) is 0 Å². The maximum Gasteiger partial charge on any atom is 0.0826 e. The van der Waals surface area contributed by atoms with Crippen LogP contribution in [0.5, 0.6) is 0 Å². The molecule has 1 fully saturated rings. The fourth-order valence-electron chi connectivity index (χ4n) is 2.83. The molecule has 0 aromatic heterocycles. The first kappa shape index (κ1) is 16.5. The van der Waals surface area contributed by atoms with Crippen LogP contribution in [0.4, 0.5) is 0 Å². The molecular formula is C18H30N2O. The third kappa shape index (κ3) is 5.77. The van der Waals surface area contributed by atoms with E-state index in [-0.39, 0.29) is 0 Å². The Balaban J connectivity index is 1.70.